The van der Waals surface area contributed by atoms with E-state index in [1.165, 1.54) is 5.56 Å². The van der Waals surface area contributed by atoms with Gasteiger partial charge >= 0.3 is 0 Å². The van der Waals surface area contributed by atoms with Crippen LogP contribution in [0, 0.1) is 0 Å². The molecule has 0 fully saturated rings. The van der Waals surface area contributed by atoms with Gasteiger partial charge in [0.25, 0.3) is 0 Å². The summed E-state index contributed by atoms with van der Waals surface area (Å²) in [6, 6.07) is 10.5. The number of hydrogen-bond donors (Lipinski definition) is 2. The van der Waals surface area contributed by atoms with Gasteiger partial charge in [0, 0.05) is 6.42 Å². The van der Waals surface area contributed by atoms with Crippen molar-refractivity contribution in [3.05, 3.63) is 35.9 Å². The molecule has 1 aromatic rings. The molecule has 1 rings (SSSR count). The number of alkyl halides is 1. The van der Waals surface area contributed by atoms with Gasteiger partial charge in [-0.05, 0) is 31.2 Å². The summed E-state index contributed by atoms with van der Waals surface area (Å²) in [5, 5.41) is 19.2. The predicted molar refractivity (Wildman–Crippen MR) is 84.9 cm³/mol. The molecular formula is C17H27ClO2. The van der Waals surface area contributed by atoms with Gasteiger partial charge in [0.2, 0.25) is 0 Å². The van der Waals surface area contributed by atoms with Gasteiger partial charge in [-0.2, -0.15) is 0 Å². The van der Waals surface area contributed by atoms with E-state index in [9.17, 15) is 10.2 Å². The van der Waals surface area contributed by atoms with Crippen LogP contribution in [0.2, 0.25) is 0 Å². The van der Waals surface area contributed by atoms with Crippen molar-refractivity contribution >= 4 is 11.6 Å². The third-order valence-electron chi connectivity index (χ3n) is 3.65. The highest BCUT2D eigenvalue weighted by Gasteiger charge is 2.31. The van der Waals surface area contributed by atoms with Crippen LogP contribution in [0.15, 0.2) is 30.3 Å². The van der Waals surface area contributed by atoms with E-state index in [2.05, 4.69) is 24.3 Å². The molecule has 0 radical (unpaired) electrons. The molecule has 0 aliphatic heterocycles. The lowest BCUT2D eigenvalue weighted by molar-refractivity contribution is -0.168. The Bertz CT molecular complexity index is 351. The molecule has 0 aromatic heterocycles. The molecule has 0 saturated heterocycles. The van der Waals surface area contributed by atoms with Crippen LogP contribution in [-0.4, -0.2) is 21.4 Å². The second-order valence-corrected chi connectivity index (χ2v) is 6.06. The van der Waals surface area contributed by atoms with Crippen molar-refractivity contribution in [2.24, 2.45) is 0 Å². The Kier molecular flexibility index (Phi) is 8.20. The number of hydrogen-bond acceptors (Lipinski definition) is 2. The summed E-state index contributed by atoms with van der Waals surface area (Å²) < 4.78 is 0. The van der Waals surface area contributed by atoms with Gasteiger partial charge in [0.05, 0.1) is 5.38 Å². The van der Waals surface area contributed by atoms with E-state index in [0.29, 0.717) is 12.8 Å². The molecule has 20 heavy (non-hydrogen) atoms. The van der Waals surface area contributed by atoms with E-state index >= 15 is 0 Å². The van der Waals surface area contributed by atoms with E-state index < -0.39 is 11.2 Å². The Morgan fingerprint density at radius 2 is 1.70 bits per heavy atom. The zero-order chi connectivity index (χ0) is 14.8. The molecule has 0 spiro atoms. The SMILES string of the molecule is CCCC(Cl)C(O)(O)CCCCCCc1ccccc1. The zero-order valence-corrected chi connectivity index (χ0v) is 13.1. The second-order valence-electron chi connectivity index (χ2n) is 5.53. The molecule has 0 aliphatic rings. The predicted octanol–water partition coefficient (Wildman–Crippen LogP) is 4.27. The fourth-order valence-electron chi connectivity index (χ4n) is 2.35. The van der Waals surface area contributed by atoms with Crippen molar-refractivity contribution in [3.8, 4) is 0 Å². The summed E-state index contributed by atoms with van der Waals surface area (Å²) in [6.45, 7) is 2.00. The first-order valence-electron chi connectivity index (χ1n) is 7.69. The highest BCUT2D eigenvalue weighted by atomic mass is 35.5. The molecule has 0 aliphatic carbocycles. The van der Waals surface area contributed by atoms with Gasteiger partial charge in [-0.1, -0.05) is 56.5 Å². The normalized spacial score (nSPS) is 13.4. The quantitative estimate of drug-likeness (QED) is 0.385. The van der Waals surface area contributed by atoms with E-state index in [-0.39, 0.29) is 0 Å². The summed E-state index contributed by atoms with van der Waals surface area (Å²) in [5.74, 6) is -1.71. The monoisotopic (exact) mass is 298 g/mol. The van der Waals surface area contributed by atoms with Crippen molar-refractivity contribution in [2.75, 3.05) is 0 Å². The molecule has 1 atom stereocenters. The van der Waals surface area contributed by atoms with Crippen molar-refractivity contribution < 1.29 is 10.2 Å². The van der Waals surface area contributed by atoms with Crippen LogP contribution < -0.4 is 0 Å². The Morgan fingerprint density at radius 1 is 1.05 bits per heavy atom. The van der Waals surface area contributed by atoms with Crippen LogP contribution in [0.25, 0.3) is 0 Å². The summed E-state index contributed by atoms with van der Waals surface area (Å²) in [4.78, 5) is 0. The van der Waals surface area contributed by atoms with Crippen LogP contribution >= 0.6 is 11.6 Å². The van der Waals surface area contributed by atoms with Crippen LogP contribution in [0.4, 0.5) is 0 Å². The largest absolute Gasteiger partial charge is 0.364 e. The maximum Gasteiger partial charge on any atom is 0.179 e. The van der Waals surface area contributed by atoms with E-state index in [0.717, 1.165) is 38.5 Å². The Labute approximate surface area is 127 Å². The summed E-state index contributed by atoms with van der Waals surface area (Å²) in [7, 11) is 0. The lowest BCUT2D eigenvalue weighted by Gasteiger charge is -2.26. The molecule has 2 nitrogen and oxygen atoms in total. The molecule has 0 bridgehead atoms. The third-order valence-corrected chi connectivity index (χ3v) is 4.21. The number of halogens is 1. The average molecular weight is 299 g/mol. The van der Waals surface area contributed by atoms with Crippen molar-refractivity contribution in [1.29, 1.82) is 0 Å². The third kappa shape index (κ3) is 6.74. The molecule has 0 saturated carbocycles. The molecule has 3 heteroatoms. The number of rotatable bonds is 10. The molecule has 2 N–H and O–H groups in total. The minimum absolute atomic E-state index is 0.368. The molecule has 1 aromatic carbocycles. The smallest absolute Gasteiger partial charge is 0.179 e. The Morgan fingerprint density at radius 3 is 2.35 bits per heavy atom. The summed E-state index contributed by atoms with van der Waals surface area (Å²) in [5.41, 5.74) is 1.37. The van der Waals surface area contributed by atoms with Gasteiger partial charge in [-0.3, -0.25) is 0 Å². The average Bonchev–Trinajstić information content (AvgIpc) is 2.44. The van der Waals surface area contributed by atoms with Gasteiger partial charge in [0.1, 0.15) is 0 Å². The maximum atomic E-state index is 9.87. The topological polar surface area (TPSA) is 40.5 Å². The number of benzene rings is 1. The standard InChI is InChI=1S/C17H27ClO2/c1-2-10-16(18)17(19,20)14-9-4-3-6-11-15-12-7-5-8-13-15/h5,7-8,12-13,16,19-20H,2-4,6,9-11,14H2,1H3. The first-order valence-corrected chi connectivity index (χ1v) is 8.12. The van der Waals surface area contributed by atoms with Gasteiger partial charge < -0.3 is 10.2 Å². The van der Waals surface area contributed by atoms with E-state index in [1.54, 1.807) is 0 Å². The first-order chi connectivity index (χ1) is 9.56. The number of aryl methyl sites for hydroxylation is 1. The Hall–Kier alpha value is -0.570. The minimum Gasteiger partial charge on any atom is -0.364 e. The fraction of sp³-hybridized carbons (Fsp3) is 0.647. The lowest BCUT2D eigenvalue weighted by Crippen LogP contribution is -2.38. The summed E-state index contributed by atoms with van der Waals surface area (Å²) >= 11 is 5.99. The van der Waals surface area contributed by atoms with Crippen molar-refractivity contribution in [2.45, 2.75) is 69.5 Å². The van der Waals surface area contributed by atoms with Crippen LogP contribution in [0.5, 0.6) is 0 Å². The van der Waals surface area contributed by atoms with Crippen LogP contribution in [0.1, 0.15) is 57.4 Å². The zero-order valence-electron chi connectivity index (χ0n) is 12.4. The molecule has 1 unspecified atom stereocenters. The van der Waals surface area contributed by atoms with Crippen molar-refractivity contribution in [3.63, 3.8) is 0 Å². The van der Waals surface area contributed by atoms with Crippen LogP contribution in [-0.2, 0) is 6.42 Å². The summed E-state index contributed by atoms with van der Waals surface area (Å²) in [6.07, 6.45) is 7.07. The van der Waals surface area contributed by atoms with Gasteiger partial charge in [0.15, 0.2) is 5.79 Å². The number of unbranched alkanes of at least 4 members (excludes halogenated alkanes) is 3. The van der Waals surface area contributed by atoms with Crippen molar-refractivity contribution in [1.82, 2.24) is 0 Å². The minimum atomic E-state index is -1.71. The first kappa shape index (κ1) is 17.5. The maximum absolute atomic E-state index is 9.87. The molecular weight excluding hydrogens is 272 g/mol. The van der Waals surface area contributed by atoms with E-state index in [4.69, 9.17) is 11.6 Å². The highest BCUT2D eigenvalue weighted by molar-refractivity contribution is 6.21. The van der Waals surface area contributed by atoms with Gasteiger partial charge in [-0.15, -0.1) is 11.6 Å². The highest BCUT2D eigenvalue weighted by Crippen LogP contribution is 2.24. The van der Waals surface area contributed by atoms with Gasteiger partial charge in [-0.25, -0.2) is 0 Å². The Balaban J connectivity index is 2.09. The number of aliphatic hydroxyl groups is 2. The fourth-order valence-corrected chi connectivity index (χ4v) is 2.68. The lowest BCUT2D eigenvalue weighted by atomic mass is 10.00. The molecule has 114 valence electrons. The molecule has 0 amide bonds. The molecule has 0 heterocycles. The van der Waals surface area contributed by atoms with E-state index in [1.807, 2.05) is 13.0 Å². The van der Waals surface area contributed by atoms with Crippen LogP contribution in [0.3, 0.4) is 0 Å². The second kappa shape index (κ2) is 9.38.